The van der Waals surface area contributed by atoms with Crippen LogP contribution in [0, 0.1) is 12.9 Å². The summed E-state index contributed by atoms with van der Waals surface area (Å²) in [6.45, 7) is 1.89. The number of hydrogen-bond donors (Lipinski definition) is 1. The number of halogens is 1. The van der Waals surface area contributed by atoms with Gasteiger partial charge in [-0.25, -0.2) is 9.97 Å². The van der Waals surface area contributed by atoms with E-state index in [-0.39, 0.29) is 5.69 Å². The summed E-state index contributed by atoms with van der Waals surface area (Å²) < 4.78 is 12.8. The van der Waals surface area contributed by atoms with Gasteiger partial charge in [-0.1, -0.05) is 6.07 Å². The predicted octanol–water partition coefficient (Wildman–Crippen LogP) is 2.18. The smallest absolute Gasteiger partial charge is 0.275 e. The van der Waals surface area contributed by atoms with Crippen LogP contribution in [0.15, 0.2) is 36.5 Å². The highest BCUT2D eigenvalue weighted by molar-refractivity contribution is 6.02. The molecule has 0 aliphatic carbocycles. The predicted molar refractivity (Wildman–Crippen MR) is 61.1 cm³/mol. The van der Waals surface area contributed by atoms with Crippen molar-refractivity contribution in [1.82, 2.24) is 9.97 Å². The fraction of sp³-hybridized carbons (Fsp3) is 0.0833. The molecule has 0 aromatic carbocycles. The second-order valence-electron chi connectivity index (χ2n) is 3.52. The van der Waals surface area contributed by atoms with E-state index < -0.39 is 11.9 Å². The molecule has 5 heteroatoms. The first kappa shape index (κ1) is 11.2. The first-order valence-corrected chi connectivity index (χ1v) is 5.02. The summed E-state index contributed by atoms with van der Waals surface area (Å²) in [7, 11) is 0. The maximum Gasteiger partial charge on any atom is 0.275 e. The maximum absolute atomic E-state index is 12.8. The van der Waals surface area contributed by atoms with Gasteiger partial charge in [0.25, 0.3) is 5.91 Å². The Balaban J connectivity index is 2.17. The van der Waals surface area contributed by atoms with Crippen molar-refractivity contribution in [2.45, 2.75) is 6.92 Å². The molecule has 0 unspecified atom stereocenters. The van der Waals surface area contributed by atoms with Gasteiger partial charge < -0.3 is 5.32 Å². The molecule has 0 saturated heterocycles. The van der Waals surface area contributed by atoms with Crippen LogP contribution in [-0.4, -0.2) is 15.9 Å². The first-order chi connectivity index (χ1) is 8.15. The van der Waals surface area contributed by atoms with Gasteiger partial charge in [0.15, 0.2) is 0 Å². The van der Waals surface area contributed by atoms with E-state index in [2.05, 4.69) is 15.3 Å². The van der Waals surface area contributed by atoms with Crippen LogP contribution < -0.4 is 5.32 Å². The van der Waals surface area contributed by atoms with Crippen LogP contribution in [0.5, 0.6) is 0 Å². The highest BCUT2D eigenvalue weighted by Crippen LogP contribution is 2.07. The Bertz CT molecular complexity index is 557. The second kappa shape index (κ2) is 4.69. The molecule has 0 saturated carbocycles. The topological polar surface area (TPSA) is 54.9 Å². The SMILES string of the molecule is Cc1ccnc(NC(=O)c2cccc(F)n2)c1. The summed E-state index contributed by atoms with van der Waals surface area (Å²) >= 11 is 0. The summed E-state index contributed by atoms with van der Waals surface area (Å²) in [5.41, 5.74) is 0.996. The average molecular weight is 231 g/mol. The fourth-order valence-electron chi connectivity index (χ4n) is 1.32. The molecular formula is C12H10FN3O. The van der Waals surface area contributed by atoms with E-state index in [1.54, 1.807) is 12.3 Å². The van der Waals surface area contributed by atoms with Gasteiger partial charge in [-0.2, -0.15) is 4.39 Å². The molecule has 0 fully saturated rings. The number of rotatable bonds is 2. The summed E-state index contributed by atoms with van der Waals surface area (Å²) in [5, 5.41) is 2.55. The van der Waals surface area contributed by atoms with Crippen LogP contribution >= 0.6 is 0 Å². The van der Waals surface area contributed by atoms with Crippen LogP contribution in [-0.2, 0) is 0 Å². The molecule has 17 heavy (non-hydrogen) atoms. The van der Waals surface area contributed by atoms with Crippen molar-refractivity contribution in [3.63, 3.8) is 0 Å². The number of hydrogen-bond acceptors (Lipinski definition) is 3. The van der Waals surface area contributed by atoms with Gasteiger partial charge in [0, 0.05) is 6.20 Å². The molecule has 2 heterocycles. The number of amides is 1. The van der Waals surface area contributed by atoms with E-state index in [0.29, 0.717) is 5.82 Å². The maximum atomic E-state index is 12.8. The molecule has 2 aromatic rings. The molecule has 0 atom stereocenters. The molecule has 86 valence electrons. The van der Waals surface area contributed by atoms with Crippen molar-refractivity contribution >= 4 is 11.7 Å². The quantitative estimate of drug-likeness (QED) is 0.806. The standard InChI is InChI=1S/C12H10FN3O/c1-8-5-6-14-11(7-8)16-12(17)9-3-2-4-10(13)15-9/h2-7H,1H3,(H,14,16,17). The largest absolute Gasteiger partial charge is 0.305 e. The second-order valence-corrected chi connectivity index (χ2v) is 3.52. The van der Waals surface area contributed by atoms with E-state index in [1.165, 1.54) is 18.2 Å². The lowest BCUT2D eigenvalue weighted by molar-refractivity contribution is 0.102. The van der Waals surface area contributed by atoms with Crippen molar-refractivity contribution in [3.8, 4) is 0 Å². The Labute approximate surface area is 97.5 Å². The third kappa shape index (κ3) is 2.84. The summed E-state index contributed by atoms with van der Waals surface area (Å²) in [4.78, 5) is 19.2. The van der Waals surface area contributed by atoms with Crippen LogP contribution in [0.2, 0.25) is 0 Å². The number of aryl methyl sites for hydroxylation is 1. The van der Waals surface area contributed by atoms with Crippen molar-refractivity contribution in [2.75, 3.05) is 5.32 Å². The number of anilines is 1. The molecule has 1 N–H and O–H groups in total. The van der Waals surface area contributed by atoms with Crippen molar-refractivity contribution in [2.24, 2.45) is 0 Å². The Morgan fingerprint density at radius 1 is 1.35 bits per heavy atom. The van der Waals surface area contributed by atoms with Gasteiger partial charge in [0.1, 0.15) is 11.5 Å². The minimum absolute atomic E-state index is 0.0216. The third-order valence-corrected chi connectivity index (χ3v) is 2.10. The molecule has 4 nitrogen and oxygen atoms in total. The van der Waals surface area contributed by atoms with Crippen LogP contribution in [0.4, 0.5) is 10.2 Å². The minimum atomic E-state index is -0.685. The summed E-state index contributed by atoms with van der Waals surface area (Å²) in [5.74, 6) is -0.751. The number of nitrogens with zero attached hydrogens (tertiary/aromatic N) is 2. The number of carbonyl (C=O) groups is 1. The van der Waals surface area contributed by atoms with Crippen LogP contribution in [0.25, 0.3) is 0 Å². The summed E-state index contributed by atoms with van der Waals surface area (Å²) in [6.07, 6.45) is 1.59. The average Bonchev–Trinajstić information content (AvgIpc) is 2.29. The molecule has 0 spiro atoms. The van der Waals surface area contributed by atoms with Gasteiger partial charge in [-0.05, 0) is 36.8 Å². The van der Waals surface area contributed by atoms with Crippen molar-refractivity contribution in [1.29, 1.82) is 0 Å². The lowest BCUT2D eigenvalue weighted by atomic mass is 10.3. The number of aromatic nitrogens is 2. The monoisotopic (exact) mass is 231 g/mol. The van der Waals surface area contributed by atoms with Crippen LogP contribution in [0.1, 0.15) is 16.1 Å². The Hall–Kier alpha value is -2.30. The fourth-order valence-corrected chi connectivity index (χ4v) is 1.32. The molecule has 0 aliphatic rings. The van der Waals surface area contributed by atoms with Gasteiger partial charge in [0.05, 0.1) is 0 Å². The lowest BCUT2D eigenvalue weighted by Crippen LogP contribution is -2.15. The zero-order chi connectivity index (χ0) is 12.3. The zero-order valence-electron chi connectivity index (χ0n) is 9.14. The molecule has 2 aromatic heterocycles. The first-order valence-electron chi connectivity index (χ1n) is 5.02. The molecule has 0 bridgehead atoms. The minimum Gasteiger partial charge on any atom is -0.305 e. The van der Waals surface area contributed by atoms with E-state index in [9.17, 15) is 9.18 Å². The highest BCUT2D eigenvalue weighted by Gasteiger charge is 2.08. The van der Waals surface area contributed by atoms with Gasteiger partial charge in [-0.15, -0.1) is 0 Å². The molecule has 1 amide bonds. The van der Waals surface area contributed by atoms with Crippen LogP contribution in [0.3, 0.4) is 0 Å². The van der Waals surface area contributed by atoms with Crippen molar-refractivity contribution < 1.29 is 9.18 Å². The van der Waals surface area contributed by atoms with E-state index in [1.807, 2.05) is 13.0 Å². The third-order valence-electron chi connectivity index (χ3n) is 2.10. The van der Waals surface area contributed by atoms with Gasteiger partial charge in [-0.3, -0.25) is 4.79 Å². The molecule has 2 rings (SSSR count). The highest BCUT2D eigenvalue weighted by atomic mass is 19.1. The Kier molecular flexibility index (Phi) is 3.09. The van der Waals surface area contributed by atoms with E-state index in [4.69, 9.17) is 0 Å². The lowest BCUT2D eigenvalue weighted by Gasteiger charge is -2.04. The zero-order valence-corrected chi connectivity index (χ0v) is 9.14. The number of nitrogens with one attached hydrogen (secondary N) is 1. The normalized spacial score (nSPS) is 10.0. The Morgan fingerprint density at radius 3 is 2.88 bits per heavy atom. The molecule has 0 aliphatic heterocycles. The molecular weight excluding hydrogens is 221 g/mol. The molecule has 0 radical (unpaired) electrons. The number of carbonyl (C=O) groups excluding carboxylic acids is 1. The van der Waals surface area contributed by atoms with E-state index in [0.717, 1.165) is 5.56 Å². The van der Waals surface area contributed by atoms with Crippen molar-refractivity contribution in [3.05, 3.63) is 53.7 Å². The Morgan fingerprint density at radius 2 is 2.18 bits per heavy atom. The number of pyridine rings is 2. The summed E-state index contributed by atoms with van der Waals surface area (Å²) in [6, 6.07) is 7.59. The van der Waals surface area contributed by atoms with E-state index >= 15 is 0 Å². The van der Waals surface area contributed by atoms with Gasteiger partial charge >= 0.3 is 0 Å². The van der Waals surface area contributed by atoms with Gasteiger partial charge in [0.2, 0.25) is 5.95 Å².